The van der Waals surface area contributed by atoms with Gasteiger partial charge in [0.15, 0.2) is 0 Å². The summed E-state index contributed by atoms with van der Waals surface area (Å²) < 4.78 is 18.9. The van der Waals surface area contributed by atoms with Gasteiger partial charge in [0.25, 0.3) is 0 Å². The van der Waals surface area contributed by atoms with Crippen molar-refractivity contribution in [3.63, 3.8) is 0 Å². The first-order valence-electron chi connectivity index (χ1n) is 7.83. The molecule has 0 saturated carbocycles. The normalized spacial score (nSPS) is 10.9. The minimum Gasteiger partial charge on any atom is -0.489 e. The van der Waals surface area contributed by atoms with Crippen molar-refractivity contribution in [1.29, 1.82) is 0 Å². The first kappa shape index (κ1) is 14.5. The lowest BCUT2D eigenvalue weighted by Crippen LogP contribution is -1.94. The molecular weight excluding hydrogens is 301 g/mol. The average molecular weight is 317 g/mol. The highest BCUT2D eigenvalue weighted by Crippen LogP contribution is 2.27. The Kier molecular flexibility index (Phi) is 3.75. The van der Waals surface area contributed by atoms with Crippen LogP contribution in [-0.4, -0.2) is 4.98 Å². The fourth-order valence-electron chi connectivity index (χ4n) is 2.72. The van der Waals surface area contributed by atoms with Crippen LogP contribution in [0.1, 0.15) is 5.56 Å². The van der Waals surface area contributed by atoms with Crippen molar-refractivity contribution < 1.29 is 9.13 Å². The van der Waals surface area contributed by atoms with Gasteiger partial charge in [-0.3, -0.25) is 0 Å². The van der Waals surface area contributed by atoms with Crippen LogP contribution in [0.5, 0.6) is 5.75 Å². The third-order valence-electron chi connectivity index (χ3n) is 4.00. The van der Waals surface area contributed by atoms with E-state index in [0.717, 1.165) is 33.5 Å². The van der Waals surface area contributed by atoms with Crippen molar-refractivity contribution in [3.8, 4) is 17.0 Å². The number of H-pyrrole nitrogens is 1. The van der Waals surface area contributed by atoms with Crippen LogP contribution in [0, 0.1) is 5.82 Å². The number of hydrogen-bond acceptors (Lipinski definition) is 1. The zero-order valence-electron chi connectivity index (χ0n) is 13.0. The van der Waals surface area contributed by atoms with E-state index in [4.69, 9.17) is 4.74 Å². The number of aromatic amines is 1. The minimum atomic E-state index is -0.230. The molecule has 3 heteroatoms. The van der Waals surface area contributed by atoms with Crippen molar-refractivity contribution in [1.82, 2.24) is 4.98 Å². The molecule has 0 atom stereocenters. The molecule has 0 unspecified atom stereocenters. The second-order valence-corrected chi connectivity index (χ2v) is 5.71. The third-order valence-corrected chi connectivity index (χ3v) is 4.00. The van der Waals surface area contributed by atoms with E-state index in [1.165, 1.54) is 12.1 Å². The monoisotopic (exact) mass is 317 g/mol. The molecule has 0 aliphatic carbocycles. The quantitative estimate of drug-likeness (QED) is 0.524. The Labute approximate surface area is 139 Å². The summed E-state index contributed by atoms with van der Waals surface area (Å²) in [7, 11) is 0. The van der Waals surface area contributed by atoms with Gasteiger partial charge in [-0.15, -0.1) is 0 Å². The van der Waals surface area contributed by atoms with Crippen molar-refractivity contribution in [2.75, 3.05) is 0 Å². The Morgan fingerprint density at radius 2 is 1.62 bits per heavy atom. The summed E-state index contributed by atoms with van der Waals surface area (Å²) >= 11 is 0. The molecule has 0 aliphatic rings. The summed E-state index contributed by atoms with van der Waals surface area (Å²) in [6, 6.07) is 24.6. The highest BCUT2D eigenvalue weighted by Gasteiger charge is 2.05. The van der Waals surface area contributed by atoms with E-state index in [2.05, 4.69) is 11.1 Å². The Bertz CT molecular complexity index is 958. The van der Waals surface area contributed by atoms with Crippen LogP contribution in [0.25, 0.3) is 22.2 Å². The summed E-state index contributed by atoms with van der Waals surface area (Å²) in [5, 5.41) is 1.10. The number of ether oxygens (including phenoxy) is 1. The topological polar surface area (TPSA) is 25.0 Å². The lowest BCUT2D eigenvalue weighted by Gasteiger charge is -2.06. The first-order valence-corrected chi connectivity index (χ1v) is 7.83. The fourth-order valence-corrected chi connectivity index (χ4v) is 2.72. The number of benzene rings is 3. The molecule has 24 heavy (non-hydrogen) atoms. The van der Waals surface area contributed by atoms with Gasteiger partial charge in [0.2, 0.25) is 0 Å². The van der Waals surface area contributed by atoms with Crippen LogP contribution in [0.15, 0.2) is 78.9 Å². The first-order chi connectivity index (χ1) is 11.8. The van der Waals surface area contributed by atoms with Crippen molar-refractivity contribution in [2.45, 2.75) is 6.61 Å². The Hall–Kier alpha value is -3.07. The smallest absolute Gasteiger partial charge is 0.123 e. The minimum absolute atomic E-state index is 0.230. The highest BCUT2D eigenvalue weighted by molar-refractivity contribution is 5.86. The summed E-state index contributed by atoms with van der Waals surface area (Å²) in [6.45, 7) is 0.540. The molecule has 0 amide bonds. The molecule has 1 N–H and O–H groups in total. The van der Waals surface area contributed by atoms with Gasteiger partial charge < -0.3 is 9.72 Å². The van der Waals surface area contributed by atoms with E-state index in [-0.39, 0.29) is 5.82 Å². The zero-order chi connectivity index (χ0) is 16.4. The fraction of sp³-hybridized carbons (Fsp3) is 0.0476. The molecular formula is C21H16FNO. The third kappa shape index (κ3) is 3.01. The maximum atomic E-state index is 13.1. The van der Waals surface area contributed by atoms with E-state index in [1.807, 2.05) is 48.5 Å². The predicted molar refractivity (Wildman–Crippen MR) is 94.5 cm³/mol. The maximum absolute atomic E-state index is 13.1. The van der Waals surface area contributed by atoms with E-state index in [1.54, 1.807) is 12.1 Å². The van der Waals surface area contributed by atoms with Gasteiger partial charge >= 0.3 is 0 Å². The molecule has 1 aromatic heterocycles. The number of aromatic nitrogens is 1. The standard InChI is InChI=1S/C21H16FNO/c22-18-9-6-16(7-10-18)20-12-17-8-11-19(13-21(17)23-20)24-14-15-4-2-1-3-5-15/h1-13,23H,14H2. The van der Waals surface area contributed by atoms with Gasteiger partial charge in [0.1, 0.15) is 18.2 Å². The Morgan fingerprint density at radius 3 is 2.42 bits per heavy atom. The summed E-state index contributed by atoms with van der Waals surface area (Å²) in [5.41, 5.74) is 4.06. The molecule has 4 aromatic rings. The van der Waals surface area contributed by atoms with E-state index in [9.17, 15) is 4.39 Å². The highest BCUT2D eigenvalue weighted by atomic mass is 19.1. The molecule has 4 rings (SSSR count). The molecule has 1 heterocycles. The van der Waals surface area contributed by atoms with E-state index >= 15 is 0 Å². The Morgan fingerprint density at radius 1 is 0.833 bits per heavy atom. The number of rotatable bonds is 4. The van der Waals surface area contributed by atoms with Gasteiger partial charge in [-0.2, -0.15) is 0 Å². The van der Waals surface area contributed by atoms with Gasteiger partial charge in [-0.05, 0) is 53.6 Å². The number of halogens is 1. The van der Waals surface area contributed by atoms with Crippen molar-refractivity contribution in [3.05, 3.63) is 90.2 Å². The Balaban J connectivity index is 1.58. The largest absolute Gasteiger partial charge is 0.489 e. The molecule has 0 spiro atoms. The summed E-state index contributed by atoms with van der Waals surface area (Å²) in [6.07, 6.45) is 0. The molecule has 2 nitrogen and oxygen atoms in total. The maximum Gasteiger partial charge on any atom is 0.123 e. The van der Waals surface area contributed by atoms with Gasteiger partial charge in [0, 0.05) is 22.7 Å². The molecule has 3 aromatic carbocycles. The van der Waals surface area contributed by atoms with Gasteiger partial charge in [-0.25, -0.2) is 4.39 Å². The zero-order valence-corrected chi connectivity index (χ0v) is 13.0. The summed E-state index contributed by atoms with van der Waals surface area (Å²) in [5.74, 6) is 0.588. The predicted octanol–water partition coefficient (Wildman–Crippen LogP) is 5.55. The van der Waals surface area contributed by atoms with E-state index < -0.39 is 0 Å². The van der Waals surface area contributed by atoms with Crippen LogP contribution in [0.2, 0.25) is 0 Å². The molecule has 0 fully saturated rings. The molecule has 0 aliphatic heterocycles. The second kappa shape index (κ2) is 6.20. The number of nitrogens with one attached hydrogen (secondary N) is 1. The average Bonchev–Trinajstić information content (AvgIpc) is 3.05. The molecule has 0 saturated heterocycles. The lowest BCUT2D eigenvalue weighted by molar-refractivity contribution is 0.306. The molecule has 118 valence electrons. The van der Waals surface area contributed by atoms with Crippen LogP contribution in [0.4, 0.5) is 4.39 Å². The van der Waals surface area contributed by atoms with Crippen LogP contribution in [0.3, 0.4) is 0 Å². The SMILES string of the molecule is Fc1ccc(-c2cc3ccc(OCc4ccccc4)cc3[nH]2)cc1. The van der Waals surface area contributed by atoms with Gasteiger partial charge in [0.05, 0.1) is 0 Å². The molecule has 0 radical (unpaired) electrons. The second-order valence-electron chi connectivity index (χ2n) is 5.71. The number of fused-ring (bicyclic) bond motifs is 1. The van der Waals surface area contributed by atoms with Crippen LogP contribution in [-0.2, 0) is 6.61 Å². The van der Waals surface area contributed by atoms with Crippen molar-refractivity contribution >= 4 is 10.9 Å². The van der Waals surface area contributed by atoms with Crippen LogP contribution < -0.4 is 4.74 Å². The van der Waals surface area contributed by atoms with E-state index in [0.29, 0.717) is 6.61 Å². The summed E-state index contributed by atoms with van der Waals surface area (Å²) in [4.78, 5) is 3.37. The van der Waals surface area contributed by atoms with Crippen molar-refractivity contribution in [2.24, 2.45) is 0 Å². The molecule has 0 bridgehead atoms. The van der Waals surface area contributed by atoms with Crippen LogP contribution >= 0.6 is 0 Å². The lowest BCUT2D eigenvalue weighted by atomic mass is 10.1. The number of hydrogen-bond donors (Lipinski definition) is 1. The van der Waals surface area contributed by atoms with Gasteiger partial charge in [-0.1, -0.05) is 30.3 Å².